The van der Waals surface area contributed by atoms with Gasteiger partial charge in [0.1, 0.15) is 0 Å². The van der Waals surface area contributed by atoms with Crippen LogP contribution in [0, 0.1) is 0 Å². The van der Waals surface area contributed by atoms with Gasteiger partial charge in [0.15, 0.2) is 0 Å². The van der Waals surface area contributed by atoms with Gasteiger partial charge in [-0.1, -0.05) is 0 Å². The number of nitrogens with one attached hydrogen (secondary N) is 1. The molecule has 0 unspecified atom stereocenters. The highest BCUT2D eigenvalue weighted by atomic mass is 16.5. The summed E-state index contributed by atoms with van der Waals surface area (Å²) in [5, 5.41) is 13.2. The van der Waals surface area contributed by atoms with Gasteiger partial charge in [-0.15, -0.1) is 0 Å². The van der Waals surface area contributed by atoms with Gasteiger partial charge < -0.3 is 20.9 Å². The van der Waals surface area contributed by atoms with Crippen LogP contribution in [0.15, 0.2) is 12.4 Å². The molecular weight excluding hydrogens is 208 g/mol. The molecule has 1 aliphatic rings. The van der Waals surface area contributed by atoms with Gasteiger partial charge in [0.2, 0.25) is 5.95 Å². The molecule has 0 aliphatic carbocycles. The number of rotatable bonds is 3. The Morgan fingerprint density at radius 1 is 1.38 bits per heavy atom. The summed E-state index contributed by atoms with van der Waals surface area (Å²) in [7, 11) is 0. The van der Waals surface area contributed by atoms with Crippen LogP contribution >= 0.6 is 0 Å². The van der Waals surface area contributed by atoms with Gasteiger partial charge in [-0.25, -0.2) is 9.97 Å². The minimum atomic E-state index is -0.719. The maximum absolute atomic E-state index is 10.2. The molecule has 0 radical (unpaired) electrons. The molecule has 0 atom stereocenters. The molecule has 4 N–H and O–H groups in total. The summed E-state index contributed by atoms with van der Waals surface area (Å²) < 4.78 is 5.20. The molecule has 16 heavy (non-hydrogen) atoms. The first-order valence-electron chi connectivity index (χ1n) is 5.29. The number of aliphatic hydroxyl groups is 1. The molecule has 1 aromatic heterocycles. The van der Waals surface area contributed by atoms with Crippen LogP contribution in [0.25, 0.3) is 0 Å². The monoisotopic (exact) mass is 224 g/mol. The third-order valence-corrected chi connectivity index (χ3v) is 2.67. The van der Waals surface area contributed by atoms with E-state index in [-0.39, 0.29) is 0 Å². The van der Waals surface area contributed by atoms with Gasteiger partial charge in [0, 0.05) is 32.6 Å². The summed E-state index contributed by atoms with van der Waals surface area (Å²) >= 11 is 0. The Kier molecular flexibility index (Phi) is 3.21. The van der Waals surface area contributed by atoms with E-state index in [1.165, 1.54) is 12.4 Å². The third kappa shape index (κ3) is 2.80. The molecule has 1 fully saturated rings. The van der Waals surface area contributed by atoms with E-state index < -0.39 is 5.60 Å². The smallest absolute Gasteiger partial charge is 0.222 e. The summed E-state index contributed by atoms with van der Waals surface area (Å²) in [4.78, 5) is 8.01. The third-order valence-electron chi connectivity index (χ3n) is 2.67. The number of hydrogen-bond donors (Lipinski definition) is 3. The molecule has 88 valence electrons. The van der Waals surface area contributed by atoms with Crippen molar-refractivity contribution in [3.63, 3.8) is 0 Å². The van der Waals surface area contributed by atoms with Gasteiger partial charge in [0.25, 0.3) is 0 Å². The average Bonchev–Trinajstić information content (AvgIpc) is 2.29. The second-order valence-corrected chi connectivity index (χ2v) is 4.03. The van der Waals surface area contributed by atoms with Crippen molar-refractivity contribution in [2.24, 2.45) is 0 Å². The van der Waals surface area contributed by atoms with Crippen molar-refractivity contribution >= 4 is 11.6 Å². The van der Waals surface area contributed by atoms with Crippen LogP contribution in [0.1, 0.15) is 12.8 Å². The Hall–Kier alpha value is -1.40. The van der Waals surface area contributed by atoms with Crippen molar-refractivity contribution in [2.45, 2.75) is 18.4 Å². The second-order valence-electron chi connectivity index (χ2n) is 4.03. The zero-order valence-electron chi connectivity index (χ0n) is 9.02. The molecule has 6 heteroatoms. The highest BCUT2D eigenvalue weighted by Crippen LogP contribution is 2.20. The van der Waals surface area contributed by atoms with Crippen LogP contribution < -0.4 is 11.1 Å². The summed E-state index contributed by atoms with van der Waals surface area (Å²) in [6, 6.07) is 0. The lowest BCUT2D eigenvalue weighted by Gasteiger charge is -2.31. The average molecular weight is 224 g/mol. The number of nitrogens with two attached hydrogens (primary N) is 1. The molecule has 1 saturated heterocycles. The molecule has 0 amide bonds. The van der Waals surface area contributed by atoms with E-state index in [9.17, 15) is 5.11 Å². The lowest BCUT2D eigenvalue weighted by molar-refractivity contribution is -0.0544. The van der Waals surface area contributed by atoms with Crippen LogP contribution in [0.5, 0.6) is 0 Å². The summed E-state index contributed by atoms with van der Waals surface area (Å²) in [5.41, 5.74) is 5.28. The van der Waals surface area contributed by atoms with Crippen LogP contribution in [0.2, 0.25) is 0 Å². The quantitative estimate of drug-likeness (QED) is 0.669. The summed E-state index contributed by atoms with van der Waals surface area (Å²) in [5.74, 6) is 0.481. The Labute approximate surface area is 93.9 Å². The van der Waals surface area contributed by atoms with Crippen LogP contribution in [0.3, 0.4) is 0 Å². The molecule has 2 rings (SSSR count). The van der Waals surface area contributed by atoms with Crippen molar-refractivity contribution in [1.29, 1.82) is 0 Å². The predicted molar refractivity (Wildman–Crippen MR) is 59.9 cm³/mol. The number of hydrogen-bond acceptors (Lipinski definition) is 6. The number of nitrogen functional groups attached to an aromatic ring is 1. The van der Waals surface area contributed by atoms with E-state index in [0.29, 0.717) is 44.2 Å². The molecule has 6 nitrogen and oxygen atoms in total. The number of anilines is 2. The van der Waals surface area contributed by atoms with Gasteiger partial charge in [-0.2, -0.15) is 0 Å². The Bertz CT molecular complexity index is 335. The SMILES string of the molecule is Nc1cnc(NCC2(O)CCOCC2)nc1. The van der Waals surface area contributed by atoms with Crippen LogP contribution in [-0.4, -0.2) is 40.4 Å². The topological polar surface area (TPSA) is 93.3 Å². The van der Waals surface area contributed by atoms with E-state index >= 15 is 0 Å². The molecular formula is C10H16N4O2. The number of nitrogens with zero attached hydrogens (tertiary/aromatic N) is 2. The molecule has 0 bridgehead atoms. The second kappa shape index (κ2) is 4.63. The van der Waals surface area contributed by atoms with E-state index in [1.807, 2.05) is 0 Å². The first-order chi connectivity index (χ1) is 7.68. The lowest BCUT2D eigenvalue weighted by Crippen LogP contribution is -2.42. The van der Waals surface area contributed by atoms with Gasteiger partial charge in [-0.3, -0.25) is 0 Å². The first-order valence-corrected chi connectivity index (χ1v) is 5.29. The lowest BCUT2D eigenvalue weighted by atomic mass is 9.94. The molecule has 0 aromatic carbocycles. The van der Waals surface area contributed by atoms with E-state index in [1.54, 1.807) is 0 Å². The fraction of sp³-hybridized carbons (Fsp3) is 0.600. The van der Waals surface area contributed by atoms with Crippen LogP contribution in [0.4, 0.5) is 11.6 Å². The first kappa shape index (κ1) is 11.1. The Balaban J connectivity index is 1.88. The molecule has 2 heterocycles. The maximum atomic E-state index is 10.2. The fourth-order valence-corrected chi connectivity index (χ4v) is 1.60. The zero-order valence-corrected chi connectivity index (χ0v) is 9.02. The number of ether oxygens (including phenoxy) is 1. The highest BCUT2D eigenvalue weighted by molar-refractivity contribution is 5.36. The Morgan fingerprint density at radius 3 is 2.62 bits per heavy atom. The highest BCUT2D eigenvalue weighted by Gasteiger charge is 2.29. The van der Waals surface area contributed by atoms with Crippen molar-refractivity contribution in [3.05, 3.63) is 12.4 Å². The molecule has 1 aromatic rings. The maximum Gasteiger partial charge on any atom is 0.222 e. The largest absolute Gasteiger partial charge is 0.396 e. The minimum Gasteiger partial charge on any atom is -0.396 e. The summed E-state index contributed by atoms with van der Waals surface area (Å²) in [6.45, 7) is 1.63. The van der Waals surface area contributed by atoms with Gasteiger partial charge >= 0.3 is 0 Å². The molecule has 1 aliphatic heterocycles. The molecule has 0 saturated carbocycles. The van der Waals surface area contributed by atoms with Crippen molar-refractivity contribution < 1.29 is 9.84 Å². The van der Waals surface area contributed by atoms with E-state index in [4.69, 9.17) is 10.5 Å². The summed E-state index contributed by atoms with van der Waals surface area (Å²) in [6.07, 6.45) is 4.33. The number of aromatic nitrogens is 2. The van der Waals surface area contributed by atoms with Crippen LogP contribution in [-0.2, 0) is 4.74 Å². The van der Waals surface area contributed by atoms with E-state index in [0.717, 1.165) is 0 Å². The fourth-order valence-electron chi connectivity index (χ4n) is 1.60. The van der Waals surface area contributed by atoms with Gasteiger partial charge in [0.05, 0.1) is 23.7 Å². The van der Waals surface area contributed by atoms with Crippen molar-refractivity contribution in [2.75, 3.05) is 30.8 Å². The minimum absolute atomic E-state index is 0.431. The van der Waals surface area contributed by atoms with Crippen molar-refractivity contribution in [1.82, 2.24) is 9.97 Å². The zero-order chi connectivity index (χ0) is 11.4. The van der Waals surface area contributed by atoms with Gasteiger partial charge in [-0.05, 0) is 0 Å². The van der Waals surface area contributed by atoms with E-state index in [2.05, 4.69) is 15.3 Å². The van der Waals surface area contributed by atoms with Crippen molar-refractivity contribution in [3.8, 4) is 0 Å². The Morgan fingerprint density at radius 2 is 2.00 bits per heavy atom. The normalized spacial score (nSPS) is 19.3. The standard InChI is InChI=1S/C10H16N4O2/c11-8-5-12-9(13-6-8)14-7-10(15)1-3-16-4-2-10/h5-6,15H,1-4,7,11H2,(H,12,13,14). The molecule has 0 spiro atoms. The predicted octanol–water partition coefficient (Wildman–Crippen LogP) is 0.0122.